The molecule has 1 aliphatic rings. The van der Waals surface area contributed by atoms with Crippen LogP contribution in [0.5, 0.6) is 0 Å². The van der Waals surface area contributed by atoms with Gasteiger partial charge in [-0.15, -0.1) is 0 Å². The Morgan fingerprint density at radius 1 is 1.55 bits per heavy atom. The number of hydrogen-bond donors (Lipinski definition) is 3. The molecule has 9 heteroatoms. The predicted octanol–water partition coefficient (Wildman–Crippen LogP) is 0.412. The Labute approximate surface area is 115 Å². The summed E-state index contributed by atoms with van der Waals surface area (Å²) in [7, 11) is 0. The standard InChI is InChI=1S/C11H18N6O3/c1-11(18)3-2-5-16(6-4-11)9-8(17(19)20)7-13-10(14-9)15-12/h7,18H,2-6,12H2,1H3,(H,13,14,15). The van der Waals surface area contributed by atoms with Crippen LogP contribution in [0, 0.1) is 10.1 Å². The van der Waals surface area contributed by atoms with Crippen molar-refractivity contribution in [1.29, 1.82) is 0 Å². The number of aliphatic hydroxyl groups is 1. The molecule has 0 bridgehead atoms. The van der Waals surface area contributed by atoms with Crippen LogP contribution >= 0.6 is 0 Å². The van der Waals surface area contributed by atoms with E-state index in [0.717, 1.165) is 12.6 Å². The van der Waals surface area contributed by atoms with E-state index in [1.54, 1.807) is 11.8 Å². The van der Waals surface area contributed by atoms with Gasteiger partial charge in [-0.2, -0.15) is 4.98 Å². The second-order valence-corrected chi connectivity index (χ2v) is 5.14. The number of aromatic nitrogens is 2. The molecule has 20 heavy (non-hydrogen) atoms. The van der Waals surface area contributed by atoms with Gasteiger partial charge in [0.05, 0.1) is 10.5 Å². The van der Waals surface area contributed by atoms with Crippen molar-refractivity contribution >= 4 is 17.5 Å². The lowest BCUT2D eigenvalue weighted by atomic mass is 9.98. The molecule has 1 aromatic rings. The second kappa shape index (κ2) is 5.55. The zero-order valence-corrected chi connectivity index (χ0v) is 11.2. The number of nitrogen functional groups attached to an aromatic ring is 1. The van der Waals surface area contributed by atoms with Crippen LogP contribution in [0.15, 0.2) is 6.20 Å². The number of hydrazine groups is 1. The third kappa shape index (κ3) is 3.11. The third-order valence-electron chi connectivity index (χ3n) is 3.44. The number of anilines is 2. The number of nitrogens with one attached hydrogen (secondary N) is 1. The van der Waals surface area contributed by atoms with Gasteiger partial charge in [-0.3, -0.25) is 15.5 Å². The molecule has 1 saturated heterocycles. The normalized spacial score (nSPS) is 23.2. The van der Waals surface area contributed by atoms with Gasteiger partial charge in [0.2, 0.25) is 11.8 Å². The van der Waals surface area contributed by atoms with Crippen LogP contribution in [0.4, 0.5) is 17.5 Å². The van der Waals surface area contributed by atoms with Gasteiger partial charge >= 0.3 is 5.69 Å². The summed E-state index contributed by atoms with van der Waals surface area (Å²) in [6.07, 6.45) is 3.06. The molecule has 0 radical (unpaired) electrons. The number of rotatable bonds is 3. The van der Waals surface area contributed by atoms with Crippen molar-refractivity contribution in [2.45, 2.75) is 31.8 Å². The van der Waals surface area contributed by atoms with Crippen LogP contribution in [0.25, 0.3) is 0 Å². The van der Waals surface area contributed by atoms with Crippen molar-refractivity contribution in [3.8, 4) is 0 Å². The van der Waals surface area contributed by atoms with Crippen LogP contribution in [0.2, 0.25) is 0 Å². The molecular formula is C11H18N6O3. The van der Waals surface area contributed by atoms with E-state index >= 15 is 0 Å². The van der Waals surface area contributed by atoms with Crippen molar-refractivity contribution in [2.24, 2.45) is 5.84 Å². The van der Waals surface area contributed by atoms with E-state index in [0.29, 0.717) is 25.9 Å². The first kappa shape index (κ1) is 14.4. The fraction of sp³-hybridized carbons (Fsp3) is 0.636. The van der Waals surface area contributed by atoms with Crippen LogP contribution in [0.1, 0.15) is 26.2 Å². The topological polar surface area (TPSA) is 130 Å². The molecule has 2 rings (SSSR count). The molecule has 2 heterocycles. The first-order valence-electron chi connectivity index (χ1n) is 6.38. The molecule has 1 unspecified atom stereocenters. The second-order valence-electron chi connectivity index (χ2n) is 5.14. The smallest absolute Gasteiger partial charge is 0.329 e. The van der Waals surface area contributed by atoms with Crippen molar-refractivity contribution in [3.05, 3.63) is 16.3 Å². The molecule has 1 atom stereocenters. The molecule has 0 aromatic carbocycles. The lowest BCUT2D eigenvalue weighted by molar-refractivity contribution is -0.384. The fourth-order valence-electron chi connectivity index (χ4n) is 2.27. The zero-order chi connectivity index (χ0) is 14.8. The minimum Gasteiger partial charge on any atom is -0.390 e. The maximum Gasteiger partial charge on any atom is 0.329 e. The van der Waals surface area contributed by atoms with Crippen LogP contribution in [0.3, 0.4) is 0 Å². The maximum atomic E-state index is 11.1. The van der Waals surface area contributed by atoms with Crippen molar-refractivity contribution < 1.29 is 10.0 Å². The van der Waals surface area contributed by atoms with Gasteiger partial charge in [0.15, 0.2) is 0 Å². The van der Waals surface area contributed by atoms with E-state index in [-0.39, 0.29) is 17.5 Å². The lowest BCUT2D eigenvalue weighted by Gasteiger charge is -2.23. The van der Waals surface area contributed by atoms with Crippen LogP contribution in [-0.4, -0.2) is 38.7 Å². The van der Waals surface area contributed by atoms with E-state index in [1.165, 1.54) is 0 Å². The minimum absolute atomic E-state index is 0.126. The monoisotopic (exact) mass is 282 g/mol. The van der Waals surface area contributed by atoms with E-state index < -0.39 is 10.5 Å². The Morgan fingerprint density at radius 2 is 2.30 bits per heavy atom. The quantitative estimate of drug-likeness (QED) is 0.413. The third-order valence-corrected chi connectivity index (χ3v) is 3.44. The average Bonchev–Trinajstić information content (AvgIpc) is 2.58. The fourth-order valence-corrected chi connectivity index (χ4v) is 2.27. The molecule has 110 valence electrons. The zero-order valence-electron chi connectivity index (χ0n) is 11.2. The molecule has 9 nitrogen and oxygen atoms in total. The summed E-state index contributed by atoms with van der Waals surface area (Å²) in [4.78, 5) is 20.2. The number of nitrogens with zero attached hydrogens (tertiary/aromatic N) is 4. The first-order valence-corrected chi connectivity index (χ1v) is 6.38. The molecule has 4 N–H and O–H groups in total. The number of hydrogen-bond acceptors (Lipinski definition) is 8. The first-order chi connectivity index (χ1) is 9.43. The van der Waals surface area contributed by atoms with Crippen molar-refractivity contribution in [1.82, 2.24) is 9.97 Å². The van der Waals surface area contributed by atoms with E-state index in [4.69, 9.17) is 5.84 Å². The summed E-state index contributed by atoms with van der Waals surface area (Å²) in [6.45, 7) is 2.87. The number of nitrogens with two attached hydrogens (primary N) is 1. The van der Waals surface area contributed by atoms with Crippen molar-refractivity contribution in [2.75, 3.05) is 23.4 Å². The SMILES string of the molecule is CC1(O)CCCN(c2nc(NN)ncc2[N+](=O)[O-])CC1. The van der Waals surface area contributed by atoms with Crippen molar-refractivity contribution in [3.63, 3.8) is 0 Å². The highest BCUT2D eigenvalue weighted by Gasteiger charge is 2.29. The molecule has 0 amide bonds. The number of nitro groups is 1. The Balaban J connectivity index is 2.32. The van der Waals surface area contributed by atoms with E-state index in [1.807, 2.05) is 0 Å². The van der Waals surface area contributed by atoms with Gasteiger partial charge in [0.1, 0.15) is 6.20 Å². The van der Waals surface area contributed by atoms with Crippen LogP contribution < -0.4 is 16.2 Å². The summed E-state index contributed by atoms with van der Waals surface area (Å²) >= 11 is 0. The minimum atomic E-state index is -0.745. The molecule has 1 aromatic heterocycles. The summed E-state index contributed by atoms with van der Waals surface area (Å²) in [5.41, 5.74) is 1.38. The average molecular weight is 282 g/mol. The summed E-state index contributed by atoms with van der Waals surface area (Å²) in [5, 5.41) is 21.1. The van der Waals surface area contributed by atoms with E-state index in [9.17, 15) is 15.2 Å². The summed E-state index contributed by atoms with van der Waals surface area (Å²) in [6, 6.07) is 0. The van der Waals surface area contributed by atoms with Gasteiger partial charge in [-0.25, -0.2) is 10.8 Å². The highest BCUT2D eigenvalue weighted by molar-refractivity contribution is 5.58. The van der Waals surface area contributed by atoms with E-state index in [2.05, 4.69) is 15.4 Å². The molecule has 1 fully saturated rings. The molecule has 1 aliphatic heterocycles. The Kier molecular flexibility index (Phi) is 4.00. The summed E-state index contributed by atoms with van der Waals surface area (Å²) in [5.74, 6) is 5.60. The maximum absolute atomic E-state index is 11.1. The Hall–Kier alpha value is -2.00. The Morgan fingerprint density at radius 3 is 2.95 bits per heavy atom. The largest absolute Gasteiger partial charge is 0.390 e. The molecule has 0 saturated carbocycles. The van der Waals surface area contributed by atoms with Gasteiger partial charge in [0, 0.05) is 13.1 Å². The summed E-state index contributed by atoms with van der Waals surface area (Å²) < 4.78 is 0. The molecular weight excluding hydrogens is 264 g/mol. The van der Waals surface area contributed by atoms with Gasteiger partial charge in [-0.05, 0) is 26.2 Å². The predicted molar refractivity (Wildman–Crippen MR) is 73.2 cm³/mol. The lowest BCUT2D eigenvalue weighted by Crippen LogP contribution is -2.29. The molecule has 0 aliphatic carbocycles. The van der Waals surface area contributed by atoms with Gasteiger partial charge in [0.25, 0.3) is 0 Å². The Bertz CT molecular complexity index is 507. The van der Waals surface area contributed by atoms with Gasteiger partial charge in [-0.1, -0.05) is 0 Å². The molecule has 0 spiro atoms. The van der Waals surface area contributed by atoms with Crippen LogP contribution in [-0.2, 0) is 0 Å². The highest BCUT2D eigenvalue weighted by Crippen LogP contribution is 2.30. The van der Waals surface area contributed by atoms with Gasteiger partial charge < -0.3 is 10.0 Å². The highest BCUT2D eigenvalue weighted by atomic mass is 16.6.